The molecule has 1 N–H and O–H groups in total. The van der Waals surface area contributed by atoms with E-state index >= 15 is 0 Å². The molecule has 0 saturated heterocycles. The maximum atomic E-state index is 3.98. The molecule has 0 aliphatic rings. The molecule has 0 bridgehead atoms. The SMILES string of the molecule is C=C=NCCc1c[nH]c2ccccc12. The van der Waals surface area contributed by atoms with Gasteiger partial charge in [-0.2, -0.15) is 0 Å². The molecule has 0 amide bonds. The summed E-state index contributed by atoms with van der Waals surface area (Å²) in [6, 6.07) is 8.29. The molecule has 0 unspecified atom stereocenters. The van der Waals surface area contributed by atoms with Gasteiger partial charge in [-0.3, -0.25) is 0 Å². The molecule has 1 aromatic carbocycles. The molecular weight excluding hydrogens is 172 g/mol. The van der Waals surface area contributed by atoms with Crippen molar-refractivity contribution in [2.75, 3.05) is 6.54 Å². The van der Waals surface area contributed by atoms with Crippen LogP contribution in [0.3, 0.4) is 0 Å². The largest absolute Gasteiger partial charge is 0.361 e. The Morgan fingerprint density at radius 3 is 3.07 bits per heavy atom. The van der Waals surface area contributed by atoms with Crippen molar-refractivity contribution in [1.29, 1.82) is 0 Å². The van der Waals surface area contributed by atoms with E-state index in [9.17, 15) is 0 Å². The van der Waals surface area contributed by atoms with E-state index in [1.54, 1.807) is 0 Å². The third-order valence-corrected chi connectivity index (χ3v) is 2.28. The first kappa shape index (κ1) is 8.79. The van der Waals surface area contributed by atoms with E-state index in [1.807, 2.05) is 12.3 Å². The fraction of sp³-hybridized carbons (Fsp3) is 0.167. The highest BCUT2D eigenvalue weighted by Crippen LogP contribution is 2.17. The van der Waals surface area contributed by atoms with Gasteiger partial charge in [0.25, 0.3) is 0 Å². The molecule has 0 saturated carbocycles. The topological polar surface area (TPSA) is 28.1 Å². The highest BCUT2D eigenvalue weighted by atomic mass is 14.7. The number of H-pyrrole nitrogens is 1. The molecule has 14 heavy (non-hydrogen) atoms. The molecule has 0 radical (unpaired) electrons. The Morgan fingerprint density at radius 1 is 1.36 bits per heavy atom. The third-order valence-electron chi connectivity index (χ3n) is 2.28. The van der Waals surface area contributed by atoms with E-state index in [2.05, 4.69) is 40.6 Å². The average molecular weight is 184 g/mol. The van der Waals surface area contributed by atoms with E-state index < -0.39 is 0 Å². The van der Waals surface area contributed by atoms with Crippen molar-refractivity contribution < 1.29 is 0 Å². The number of hydrogen-bond acceptors (Lipinski definition) is 1. The number of para-hydroxylation sites is 1. The fourth-order valence-electron chi connectivity index (χ4n) is 1.59. The summed E-state index contributed by atoms with van der Waals surface area (Å²) in [5.41, 5.74) is 2.49. The van der Waals surface area contributed by atoms with Gasteiger partial charge >= 0.3 is 0 Å². The van der Waals surface area contributed by atoms with Crippen LogP contribution in [0.5, 0.6) is 0 Å². The zero-order valence-corrected chi connectivity index (χ0v) is 7.96. The second-order valence-electron chi connectivity index (χ2n) is 3.15. The van der Waals surface area contributed by atoms with Gasteiger partial charge in [0.1, 0.15) is 0 Å². The number of aromatic amines is 1. The lowest BCUT2D eigenvalue weighted by atomic mass is 10.1. The van der Waals surface area contributed by atoms with E-state index in [0.29, 0.717) is 0 Å². The van der Waals surface area contributed by atoms with Gasteiger partial charge in [0.2, 0.25) is 0 Å². The number of aliphatic imine (C=N–C) groups is 1. The van der Waals surface area contributed by atoms with Gasteiger partial charge in [-0.15, -0.1) is 0 Å². The van der Waals surface area contributed by atoms with Gasteiger partial charge in [-0.05, 0) is 30.5 Å². The van der Waals surface area contributed by atoms with Crippen LogP contribution in [0.15, 0.2) is 42.0 Å². The number of hydrogen-bond donors (Lipinski definition) is 1. The summed E-state index contributed by atoms with van der Waals surface area (Å²) < 4.78 is 0. The monoisotopic (exact) mass is 184 g/mol. The van der Waals surface area contributed by atoms with Gasteiger partial charge in [-0.1, -0.05) is 18.2 Å². The maximum Gasteiger partial charge on any atom is 0.0524 e. The average Bonchev–Trinajstić information content (AvgIpc) is 2.63. The van der Waals surface area contributed by atoms with Gasteiger partial charge < -0.3 is 4.98 Å². The van der Waals surface area contributed by atoms with Crippen LogP contribution in [0.2, 0.25) is 0 Å². The van der Waals surface area contributed by atoms with Crippen LogP contribution >= 0.6 is 0 Å². The van der Waals surface area contributed by atoms with Gasteiger partial charge in [0.05, 0.1) is 6.54 Å². The first-order chi connectivity index (χ1) is 6.92. The number of nitrogens with zero attached hydrogens (tertiary/aromatic N) is 1. The number of rotatable bonds is 3. The molecule has 2 heteroatoms. The summed E-state index contributed by atoms with van der Waals surface area (Å²) in [5, 5.41) is 1.28. The summed E-state index contributed by atoms with van der Waals surface area (Å²) in [4.78, 5) is 7.22. The summed E-state index contributed by atoms with van der Waals surface area (Å²) in [6.45, 7) is 4.20. The molecule has 0 atom stereocenters. The Kier molecular flexibility index (Phi) is 2.48. The number of nitrogens with one attached hydrogen (secondary N) is 1. The highest BCUT2D eigenvalue weighted by Gasteiger charge is 2.00. The van der Waals surface area contributed by atoms with E-state index in [-0.39, 0.29) is 0 Å². The first-order valence-corrected chi connectivity index (χ1v) is 4.65. The highest BCUT2D eigenvalue weighted by molar-refractivity contribution is 5.83. The molecule has 1 aromatic heterocycles. The standard InChI is InChI=1S/C12H12N2/c1-2-13-8-7-10-9-14-12-6-4-3-5-11(10)12/h3-6,9,14H,1,7-8H2. The lowest BCUT2D eigenvalue weighted by Gasteiger charge is -1.94. The van der Waals surface area contributed by atoms with E-state index in [1.165, 1.54) is 16.5 Å². The second-order valence-corrected chi connectivity index (χ2v) is 3.15. The summed E-state index contributed by atoms with van der Waals surface area (Å²) in [6.07, 6.45) is 2.98. The maximum absolute atomic E-state index is 3.98. The minimum atomic E-state index is 0.755. The van der Waals surface area contributed by atoms with Crippen LogP contribution in [-0.4, -0.2) is 17.4 Å². The Labute approximate surface area is 83.0 Å². The molecule has 0 fully saturated rings. The Bertz CT molecular complexity index is 476. The molecule has 2 nitrogen and oxygen atoms in total. The van der Waals surface area contributed by atoms with Gasteiger partial charge in [0, 0.05) is 17.1 Å². The summed E-state index contributed by atoms with van der Waals surface area (Å²) >= 11 is 0. The number of benzene rings is 1. The summed E-state index contributed by atoms with van der Waals surface area (Å²) in [5.74, 6) is 2.54. The summed E-state index contributed by atoms with van der Waals surface area (Å²) in [7, 11) is 0. The molecule has 1 heterocycles. The molecule has 0 spiro atoms. The molecular formula is C12H12N2. The zero-order valence-electron chi connectivity index (χ0n) is 7.96. The molecule has 70 valence electrons. The zero-order chi connectivity index (χ0) is 9.80. The van der Waals surface area contributed by atoms with Crippen LogP contribution in [0.25, 0.3) is 10.9 Å². The third kappa shape index (κ3) is 1.61. The molecule has 0 aliphatic carbocycles. The lowest BCUT2D eigenvalue weighted by molar-refractivity contribution is 0.983. The molecule has 0 aliphatic heterocycles. The molecule has 2 aromatic rings. The lowest BCUT2D eigenvalue weighted by Crippen LogP contribution is -1.86. The Morgan fingerprint density at radius 2 is 2.21 bits per heavy atom. The van der Waals surface area contributed by atoms with E-state index in [0.717, 1.165) is 13.0 Å². The predicted octanol–water partition coefficient (Wildman–Crippen LogP) is 2.57. The minimum Gasteiger partial charge on any atom is -0.361 e. The van der Waals surface area contributed by atoms with Crippen LogP contribution in [-0.2, 0) is 6.42 Å². The van der Waals surface area contributed by atoms with Crippen molar-refractivity contribution in [2.24, 2.45) is 4.99 Å². The van der Waals surface area contributed by atoms with Crippen LogP contribution < -0.4 is 0 Å². The van der Waals surface area contributed by atoms with Crippen LogP contribution in [0, 0.1) is 0 Å². The predicted molar refractivity (Wildman–Crippen MR) is 59.9 cm³/mol. The first-order valence-electron chi connectivity index (χ1n) is 4.65. The smallest absolute Gasteiger partial charge is 0.0524 e. The van der Waals surface area contributed by atoms with E-state index in [4.69, 9.17) is 0 Å². The number of aromatic nitrogens is 1. The van der Waals surface area contributed by atoms with Crippen molar-refractivity contribution in [1.82, 2.24) is 4.98 Å². The van der Waals surface area contributed by atoms with Gasteiger partial charge in [-0.25, -0.2) is 4.99 Å². The Balaban J connectivity index is 2.29. The number of fused-ring (bicyclic) bond motifs is 1. The van der Waals surface area contributed by atoms with Crippen LogP contribution in [0.1, 0.15) is 5.56 Å². The Hall–Kier alpha value is -1.79. The second kappa shape index (κ2) is 3.95. The molecule has 2 rings (SSSR count). The van der Waals surface area contributed by atoms with Crippen LogP contribution in [0.4, 0.5) is 0 Å². The van der Waals surface area contributed by atoms with Crippen molar-refractivity contribution in [3.63, 3.8) is 0 Å². The normalized spacial score (nSPS) is 10.0. The van der Waals surface area contributed by atoms with Gasteiger partial charge in [0.15, 0.2) is 0 Å². The van der Waals surface area contributed by atoms with Crippen molar-refractivity contribution in [3.8, 4) is 0 Å². The van der Waals surface area contributed by atoms with Crippen molar-refractivity contribution >= 4 is 16.8 Å². The quantitative estimate of drug-likeness (QED) is 0.710. The fourth-order valence-corrected chi connectivity index (χ4v) is 1.59. The minimum absolute atomic E-state index is 0.755. The van der Waals surface area contributed by atoms with Crippen molar-refractivity contribution in [2.45, 2.75) is 6.42 Å². The van der Waals surface area contributed by atoms with Crippen molar-refractivity contribution in [3.05, 3.63) is 42.6 Å².